The van der Waals surface area contributed by atoms with Gasteiger partial charge in [0.25, 0.3) is 0 Å². The number of rotatable bonds is 9. The van der Waals surface area contributed by atoms with Crippen LogP contribution < -0.4 is 10.6 Å². The number of piperidine rings is 1. The molecule has 0 bridgehead atoms. The molecule has 1 aliphatic heterocycles. The lowest BCUT2D eigenvalue weighted by Crippen LogP contribution is -2.49. The van der Waals surface area contributed by atoms with Crippen LogP contribution in [0.3, 0.4) is 0 Å². The number of nitrogens with zero attached hydrogens (tertiary/aromatic N) is 2. The number of methoxy groups -OCH3 is 1. The number of guanidine groups is 1. The van der Waals surface area contributed by atoms with Crippen LogP contribution in [0, 0.1) is 5.92 Å². The molecule has 1 saturated heterocycles. The molecule has 28 heavy (non-hydrogen) atoms. The molecular weight excluding hydrogens is 352 g/mol. The number of hydrogen-bond donors (Lipinski definition) is 2. The van der Waals surface area contributed by atoms with Crippen molar-refractivity contribution in [2.45, 2.75) is 57.4 Å². The first-order chi connectivity index (χ1) is 13.8. The highest BCUT2D eigenvalue weighted by Crippen LogP contribution is 2.23. The Morgan fingerprint density at radius 2 is 2.04 bits per heavy atom. The Morgan fingerprint density at radius 3 is 2.75 bits per heavy atom. The minimum atomic E-state index is 0.500. The number of hydrogen-bond acceptors (Lipinski definition) is 4. The molecule has 0 radical (unpaired) electrons. The number of likely N-dealkylation sites (tertiary alicyclic amines) is 1. The largest absolute Gasteiger partial charge is 0.469 e. The zero-order chi connectivity index (χ0) is 19.4. The van der Waals surface area contributed by atoms with E-state index in [1.807, 2.05) is 12.1 Å². The van der Waals surface area contributed by atoms with E-state index in [-0.39, 0.29) is 0 Å². The average Bonchev–Trinajstić information content (AvgIpc) is 3.25. The SMILES string of the molecule is COCCN1CCC(NC(=NCC2CCCCC2)NCCc2ccco2)CC1. The molecule has 2 N–H and O–H groups in total. The molecule has 1 aliphatic carbocycles. The summed E-state index contributed by atoms with van der Waals surface area (Å²) < 4.78 is 10.7. The molecule has 2 aliphatic rings. The van der Waals surface area contributed by atoms with Gasteiger partial charge in [0.15, 0.2) is 5.96 Å². The molecule has 0 spiro atoms. The molecule has 2 fully saturated rings. The Bertz CT molecular complexity index is 547. The van der Waals surface area contributed by atoms with Crippen molar-refractivity contribution in [3.8, 4) is 0 Å². The first-order valence-corrected chi connectivity index (χ1v) is 11.1. The van der Waals surface area contributed by atoms with Crippen LogP contribution in [0.1, 0.15) is 50.7 Å². The highest BCUT2D eigenvalue weighted by Gasteiger charge is 2.20. The smallest absolute Gasteiger partial charge is 0.191 e. The highest BCUT2D eigenvalue weighted by atomic mass is 16.5. The van der Waals surface area contributed by atoms with Gasteiger partial charge >= 0.3 is 0 Å². The summed E-state index contributed by atoms with van der Waals surface area (Å²) in [4.78, 5) is 7.45. The second-order valence-corrected chi connectivity index (χ2v) is 8.20. The maximum atomic E-state index is 5.45. The zero-order valence-corrected chi connectivity index (χ0v) is 17.5. The fraction of sp³-hybridized carbons (Fsp3) is 0.773. The second kappa shape index (κ2) is 12.1. The molecule has 158 valence electrons. The topological polar surface area (TPSA) is 62.0 Å². The quantitative estimate of drug-likeness (QED) is 0.501. The normalized spacial score (nSPS) is 20.4. The lowest BCUT2D eigenvalue weighted by atomic mass is 9.89. The number of nitrogens with one attached hydrogen (secondary N) is 2. The molecule has 6 nitrogen and oxygen atoms in total. The standard InChI is InChI=1S/C22H38N4O2/c1-27-17-15-26-13-10-20(11-14-26)25-22(23-12-9-21-8-5-16-28-21)24-18-19-6-3-2-4-7-19/h5,8,16,19-20H,2-4,6-7,9-15,17-18H2,1H3,(H2,23,24,25). The molecule has 0 atom stereocenters. The van der Waals surface area contributed by atoms with Gasteiger partial charge in [-0.25, -0.2) is 0 Å². The van der Waals surface area contributed by atoms with Gasteiger partial charge in [-0.05, 0) is 43.7 Å². The fourth-order valence-electron chi connectivity index (χ4n) is 4.22. The summed E-state index contributed by atoms with van der Waals surface area (Å²) >= 11 is 0. The van der Waals surface area contributed by atoms with Crippen LogP contribution in [0.2, 0.25) is 0 Å². The van der Waals surface area contributed by atoms with Crippen molar-refractivity contribution in [2.75, 3.05) is 46.4 Å². The Labute approximate surface area is 170 Å². The summed E-state index contributed by atoms with van der Waals surface area (Å²) in [6, 6.07) is 4.48. The van der Waals surface area contributed by atoms with Gasteiger partial charge in [0.05, 0.1) is 12.9 Å². The van der Waals surface area contributed by atoms with Crippen LogP contribution in [0.15, 0.2) is 27.8 Å². The summed E-state index contributed by atoms with van der Waals surface area (Å²) in [5, 5.41) is 7.24. The summed E-state index contributed by atoms with van der Waals surface area (Å²) in [7, 11) is 1.78. The van der Waals surface area contributed by atoms with Crippen molar-refractivity contribution in [1.29, 1.82) is 0 Å². The van der Waals surface area contributed by atoms with Crippen molar-refractivity contribution >= 4 is 5.96 Å². The second-order valence-electron chi connectivity index (χ2n) is 8.20. The van der Waals surface area contributed by atoms with E-state index in [9.17, 15) is 0 Å². The third kappa shape index (κ3) is 7.47. The Balaban J connectivity index is 1.46. The monoisotopic (exact) mass is 390 g/mol. The molecule has 3 rings (SSSR count). The predicted octanol–water partition coefficient (Wildman–Crippen LogP) is 3.05. The first kappa shape index (κ1) is 21.2. The van der Waals surface area contributed by atoms with Gasteiger partial charge in [-0.2, -0.15) is 0 Å². The van der Waals surface area contributed by atoms with Crippen molar-refractivity contribution < 1.29 is 9.15 Å². The minimum absolute atomic E-state index is 0.500. The number of aliphatic imine (C=N–C) groups is 1. The molecule has 1 saturated carbocycles. The summed E-state index contributed by atoms with van der Waals surface area (Å²) in [6.07, 6.45) is 11.7. The van der Waals surface area contributed by atoms with Crippen LogP contribution in [-0.2, 0) is 11.2 Å². The van der Waals surface area contributed by atoms with E-state index in [1.165, 1.54) is 32.1 Å². The van der Waals surface area contributed by atoms with Crippen molar-refractivity contribution in [2.24, 2.45) is 10.9 Å². The van der Waals surface area contributed by atoms with E-state index in [1.54, 1.807) is 13.4 Å². The molecular formula is C22H38N4O2. The molecule has 0 unspecified atom stereocenters. The molecule has 0 amide bonds. The van der Waals surface area contributed by atoms with Crippen molar-refractivity contribution in [3.63, 3.8) is 0 Å². The van der Waals surface area contributed by atoms with Crippen LogP contribution in [0.25, 0.3) is 0 Å². The summed E-state index contributed by atoms with van der Waals surface area (Å²) in [6.45, 7) is 5.90. The first-order valence-electron chi connectivity index (χ1n) is 11.1. The molecule has 0 aromatic carbocycles. The molecule has 2 heterocycles. The molecule has 1 aromatic heterocycles. The van der Waals surface area contributed by atoms with Crippen LogP contribution in [0.4, 0.5) is 0 Å². The maximum Gasteiger partial charge on any atom is 0.191 e. The minimum Gasteiger partial charge on any atom is -0.469 e. The lowest BCUT2D eigenvalue weighted by molar-refractivity contribution is 0.128. The van der Waals surface area contributed by atoms with E-state index in [0.29, 0.717) is 6.04 Å². The van der Waals surface area contributed by atoms with E-state index in [0.717, 1.165) is 76.2 Å². The fourth-order valence-corrected chi connectivity index (χ4v) is 4.22. The van der Waals surface area contributed by atoms with Gasteiger partial charge in [0.2, 0.25) is 0 Å². The Morgan fingerprint density at radius 1 is 1.21 bits per heavy atom. The summed E-state index contributed by atoms with van der Waals surface area (Å²) in [5.74, 6) is 2.76. The molecule has 1 aromatic rings. The van der Waals surface area contributed by atoms with E-state index in [4.69, 9.17) is 14.1 Å². The molecule has 6 heteroatoms. The Hall–Kier alpha value is -1.53. The van der Waals surface area contributed by atoms with Gasteiger partial charge in [0.1, 0.15) is 5.76 Å². The third-order valence-electron chi connectivity index (χ3n) is 6.02. The summed E-state index contributed by atoms with van der Waals surface area (Å²) in [5.41, 5.74) is 0. The average molecular weight is 391 g/mol. The predicted molar refractivity (Wildman–Crippen MR) is 114 cm³/mol. The van der Waals surface area contributed by atoms with Crippen molar-refractivity contribution in [3.05, 3.63) is 24.2 Å². The van der Waals surface area contributed by atoms with Crippen LogP contribution in [-0.4, -0.2) is 63.3 Å². The van der Waals surface area contributed by atoms with Crippen LogP contribution in [0.5, 0.6) is 0 Å². The van der Waals surface area contributed by atoms with E-state index >= 15 is 0 Å². The van der Waals surface area contributed by atoms with Crippen LogP contribution >= 0.6 is 0 Å². The lowest BCUT2D eigenvalue weighted by Gasteiger charge is -2.33. The zero-order valence-electron chi connectivity index (χ0n) is 17.5. The Kier molecular flexibility index (Phi) is 9.17. The van der Waals surface area contributed by atoms with E-state index in [2.05, 4.69) is 15.5 Å². The van der Waals surface area contributed by atoms with Gasteiger partial charge in [-0.15, -0.1) is 0 Å². The number of furan rings is 1. The van der Waals surface area contributed by atoms with Gasteiger partial charge in [0, 0.05) is 52.3 Å². The van der Waals surface area contributed by atoms with Crippen molar-refractivity contribution in [1.82, 2.24) is 15.5 Å². The maximum absolute atomic E-state index is 5.45. The van der Waals surface area contributed by atoms with Gasteiger partial charge < -0.3 is 24.7 Å². The van der Waals surface area contributed by atoms with E-state index < -0.39 is 0 Å². The highest BCUT2D eigenvalue weighted by molar-refractivity contribution is 5.80. The van der Waals surface area contributed by atoms with Gasteiger partial charge in [-0.3, -0.25) is 4.99 Å². The third-order valence-corrected chi connectivity index (χ3v) is 6.02. The number of ether oxygens (including phenoxy) is 1. The van der Waals surface area contributed by atoms with Gasteiger partial charge in [-0.1, -0.05) is 19.3 Å².